The molecule has 2 N–H and O–H groups in total. The lowest BCUT2D eigenvalue weighted by molar-refractivity contribution is -0.119. The standard InChI is InChI=1S/C9H10N2O4.CH4O/c12-5-6-1-2-8(15-6)11-4-3-7(13)10-9(11)14;1-2/h3-6,8H,1-2H2,(H,10,13,14);2H,1H3. The second-order valence-corrected chi connectivity index (χ2v) is 3.36. The van der Waals surface area contributed by atoms with Crippen LogP contribution in [0.1, 0.15) is 19.1 Å². The van der Waals surface area contributed by atoms with E-state index in [-0.39, 0.29) is 0 Å². The molecule has 2 atom stereocenters. The molecule has 0 bridgehead atoms. The smallest absolute Gasteiger partial charge is 0.330 e. The number of H-pyrrole nitrogens is 1. The second-order valence-electron chi connectivity index (χ2n) is 3.36. The van der Waals surface area contributed by atoms with Gasteiger partial charge >= 0.3 is 5.69 Å². The monoisotopic (exact) mass is 242 g/mol. The topological polar surface area (TPSA) is 101 Å². The van der Waals surface area contributed by atoms with Crippen molar-refractivity contribution in [2.24, 2.45) is 0 Å². The van der Waals surface area contributed by atoms with Crippen molar-refractivity contribution in [3.05, 3.63) is 33.1 Å². The summed E-state index contributed by atoms with van der Waals surface area (Å²) in [5, 5.41) is 7.00. The molecule has 7 nitrogen and oxygen atoms in total. The average molecular weight is 242 g/mol. The molecule has 1 aromatic heterocycles. The van der Waals surface area contributed by atoms with E-state index in [0.29, 0.717) is 12.8 Å². The molecule has 1 saturated heterocycles. The van der Waals surface area contributed by atoms with Gasteiger partial charge in [0.1, 0.15) is 18.6 Å². The first kappa shape index (κ1) is 13.3. The van der Waals surface area contributed by atoms with E-state index < -0.39 is 23.6 Å². The largest absolute Gasteiger partial charge is 0.400 e. The molecule has 2 rings (SSSR count). The van der Waals surface area contributed by atoms with Crippen molar-refractivity contribution in [3.63, 3.8) is 0 Å². The van der Waals surface area contributed by atoms with Crippen molar-refractivity contribution in [1.82, 2.24) is 9.55 Å². The van der Waals surface area contributed by atoms with E-state index in [2.05, 4.69) is 4.98 Å². The molecule has 1 aliphatic rings. The SMILES string of the molecule is CO.O=CC1CCC(n2ccc(=O)[nH]c2=O)O1. The fraction of sp³-hybridized carbons (Fsp3) is 0.500. The number of carbonyl (C=O) groups excluding carboxylic acids is 1. The van der Waals surface area contributed by atoms with Crippen molar-refractivity contribution in [2.75, 3.05) is 7.11 Å². The number of aliphatic hydroxyl groups is 1. The van der Waals surface area contributed by atoms with Gasteiger partial charge in [0.15, 0.2) is 0 Å². The van der Waals surface area contributed by atoms with Crippen LogP contribution in [0.3, 0.4) is 0 Å². The Morgan fingerprint density at radius 3 is 2.71 bits per heavy atom. The highest BCUT2D eigenvalue weighted by Crippen LogP contribution is 2.25. The fourth-order valence-corrected chi connectivity index (χ4v) is 1.60. The Kier molecular flexibility index (Phi) is 4.80. The van der Waals surface area contributed by atoms with Gasteiger partial charge in [0.05, 0.1) is 0 Å². The molecule has 1 fully saturated rings. The summed E-state index contributed by atoms with van der Waals surface area (Å²) in [7, 11) is 1.00. The molecule has 2 unspecified atom stereocenters. The summed E-state index contributed by atoms with van der Waals surface area (Å²) in [6.45, 7) is 0. The Morgan fingerprint density at radius 1 is 1.47 bits per heavy atom. The number of hydrogen-bond acceptors (Lipinski definition) is 5. The number of carbonyl (C=O) groups is 1. The lowest BCUT2D eigenvalue weighted by atomic mass is 10.2. The Hall–Kier alpha value is -1.73. The number of ether oxygens (including phenoxy) is 1. The molecule has 1 aromatic rings. The summed E-state index contributed by atoms with van der Waals surface area (Å²) in [6, 6.07) is 1.25. The summed E-state index contributed by atoms with van der Waals surface area (Å²) in [4.78, 5) is 34.8. The number of aromatic nitrogens is 2. The molecule has 2 heterocycles. The molecule has 0 aliphatic carbocycles. The van der Waals surface area contributed by atoms with E-state index in [1.807, 2.05) is 0 Å². The van der Waals surface area contributed by atoms with Crippen LogP contribution in [0, 0.1) is 0 Å². The Balaban J connectivity index is 0.000000686. The zero-order valence-electron chi connectivity index (χ0n) is 9.33. The number of rotatable bonds is 2. The van der Waals surface area contributed by atoms with Gasteiger partial charge in [-0.05, 0) is 12.8 Å². The summed E-state index contributed by atoms with van der Waals surface area (Å²) in [5.74, 6) is 0. The molecule has 0 radical (unpaired) electrons. The Labute approximate surface area is 96.7 Å². The molecule has 1 aliphatic heterocycles. The number of nitrogens with one attached hydrogen (secondary N) is 1. The third-order valence-electron chi connectivity index (χ3n) is 2.34. The van der Waals surface area contributed by atoms with Crippen LogP contribution in [-0.4, -0.2) is 34.2 Å². The predicted molar refractivity (Wildman–Crippen MR) is 58.7 cm³/mol. The van der Waals surface area contributed by atoms with E-state index in [4.69, 9.17) is 9.84 Å². The zero-order chi connectivity index (χ0) is 12.8. The van der Waals surface area contributed by atoms with Crippen LogP contribution in [-0.2, 0) is 9.53 Å². The summed E-state index contributed by atoms with van der Waals surface area (Å²) < 4.78 is 6.57. The molecular weight excluding hydrogens is 228 g/mol. The normalized spacial score (nSPS) is 22.7. The molecule has 0 spiro atoms. The Bertz CT molecular complexity index is 478. The van der Waals surface area contributed by atoms with Gasteiger partial charge in [0.25, 0.3) is 5.56 Å². The number of nitrogens with zero attached hydrogens (tertiary/aromatic N) is 1. The molecular formula is C10H14N2O5. The molecule has 7 heteroatoms. The lowest BCUT2D eigenvalue weighted by Gasteiger charge is -2.12. The summed E-state index contributed by atoms with van der Waals surface area (Å²) >= 11 is 0. The highest BCUT2D eigenvalue weighted by atomic mass is 16.5. The minimum atomic E-state index is -0.515. The van der Waals surface area contributed by atoms with Crippen LogP contribution in [0.4, 0.5) is 0 Å². The van der Waals surface area contributed by atoms with E-state index in [1.165, 1.54) is 16.8 Å². The van der Waals surface area contributed by atoms with Crippen molar-refractivity contribution < 1.29 is 14.6 Å². The molecule has 0 amide bonds. The van der Waals surface area contributed by atoms with Gasteiger partial charge in [-0.25, -0.2) is 4.79 Å². The average Bonchev–Trinajstić information content (AvgIpc) is 2.80. The van der Waals surface area contributed by atoms with Crippen LogP contribution in [0.2, 0.25) is 0 Å². The molecule has 0 saturated carbocycles. The van der Waals surface area contributed by atoms with Gasteiger partial charge in [-0.3, -0.25) is 14.3 Å². The summed E-state index contributed by atoms with van der Waals surface area (Å²) in [5.41, 5.74) is -0.958. The Morgan fingerprint density at radius 2 is 2.18 bits per heavy atom. The molecule has 17 heavy (non-hydrogen) atoms. The van der Waals surface area contributed by atoms with Crippen LogP contribution >= 0.6 is 0 Å². The van der Waals surface area contributed by atoms with Crippen molar-refractivity contribution in [2.45, 2.75) is 25.2 Å². The minimum absolute atomic E-state index is 0.443. The van der Waals surface area contributed by atoms with E-state index in [9.17, 15) is 14.4 Å². The minimum Gasteiger partial charge on any atom is -0.400 e. The number of aldehydes is 1. The zero-order valence-corrected chi connectivity index (χ0v) is 9.33. The van der Waals surface area contributed by atoms with Gasteiger partial charge in [0, 0.05) is 19.4 Å². The van der Waals surface area contributed by atoms with Crippen LogP contribution < -0.4 is 11.2 Å². The number of hydrogen-bond donors (Lipinski definition) is 2. The third kappa shape index (κ3) is 3.11. The van der Waals surface area contributed by atoms with Gasteiger partial charge in [-0.15, -0.1) is 0 Å². The van der Waals surface area contributed by atoms with Crippen LogP contribution in [0.15, 0.2) is 21.9 Å². The van der Waals surface area contributed by atoms with E-state index >= 15 is 0 Å². The maximum Gasteiger partial charge on any atom is 0.330 e. The van der Waals surface area contributed by atoms with Gasteiger partial charge < -0.3 is 14.6 Å². The fourth-order valence-electron chi connectivity index (χ4n) is 1.60. The van der Waals surface area contributed by atoms with Crippen LogP contribution in [0.5, 0.6) is 0 Å². The van der Waals surface area contributed by atoms with Crippen molar-refractivity contribution in [1.29, 1.82) is 0 Å². The molecule has 0 aromatic carbocycles. The van der Waals surface area contributed by atoms with E-state index in [0.717, 1.165) is 13.4 Å². The summed E-state index contributed by atoms with van der Waals surface area (Å²) in [6.07, 6.45) is 2.38. The van der Waals surface area contributed by atoms with Crippen LogP contribution in [0.25, 0.3) is 0 Å². The second kappa shape index (κ2) is 6.12. The first-order chi connectivity index (χ1) is 8.20. The molecule has 94 valence electrons. The van der Waals surface area contributed by atoms with Crippen molar-refractivity contribution in [3.8, 4) is 0 Å². The number of aromatic amines is 1. The number of aliphatic hydroxyl groups excluding tert-OH is 1. The first-order valence-electron chi connectivity index (χ1n) is 5.07. The van der Waals surface area contributed by atoms with Gasteiger partial charge in [-0.1, -0.05) is 0 Å². The van der Waals surface area contributed by atoms with Gasteiger partial charge in [-0.2, -0.15) is 0 Å². The maximum absolute atomic E-state index is 11.4. The first-order valence-corrected chi connectivity index (χ1v) is 5.07. The highest BCUT2D eigenvalue weighted by molar-refractivity contribution is 5.56. The van der Waals surface area contributed by atoms with Crippen molar-refractivity contribution >= 4 is 6.29 Å². The lowest BCUT2D eigenvalue weighted by Crippen LogP contribution is -2.31. The maximum atomic E-state index is 11.4. The quantitative estimate of drug-likeness (QED) is 0.649. The predicted octanol–water partition coefficient (Wildman–Crippen LogP) is -0.978. The third-order valence-corrected chi connectivity index (χ3v) is 2.34. The highest BCUT2D eigenvalue weighted by Gasteiger charge is 2.26. The van der Waals surface area contributed by atoms with Gasteiger partial charge in [0.2, 0.25) is 0 Å². The van der Waals surface area contributed by atoms with E-state index in [1.54, 1.807) is 0 Å².